The molecule has 0 saturated heterocycles. The monoisotopic (exact) mass is 539 g/mol. The summed E-state index contributed by atoms with van der Waals surface area (Å²) < 4.78 is 44.4. The number of benzene rings is 3. The van der Waals surface area contributed by atoms with Gasteiger partial charge in [0.1, 0.15) is 5.75 Å². The van der Waals surface area contributed by atoms with Gasteiger partial charge in [-0.05, 0) is 66.9 Å². The molecule has 0 aliphatic heterocycles. The lowest BCUT2D eigenvalue weighted by Gasteiger charge is -2.21. The third kappa shape index (κ3) is 8.06. The molecule has 0 radical (unpaired) electrons. The van der Waals surface area contributed by atoms with Gasteiger partial charge in [-0.25, -0.2) is 13.8 Å². The third-order valence-corrected chi connectivity index (χ3v) is 7.16. The first-order valence-electron chi connectivity index (χ1n) is 12.3. The predicted molar refractivity (Wildman–Crippen MR) is 146 cm³/mol. The fourth-order valence-corrected chi connectivity index (χ4v) is 4.87. The number of sulfonamides is 1. The van der Waals surface area contributed by atoms with E-state index in [0.29, 0.717) is 36.0 Å². The smallest absolute Gasteiger partial charge is 0.255 e. The molecule has 3 aromatic rings. The average molecular weight is 540 g/mol. The van der Waals surface area contributed by atoms with E-state index in [9.17, 15) is 13.2 Å². The van der Waals surface area contributed by atoms with Gasteiger partial charge in [-0.3, -0.25) is 4.79 Å². The number of carbonyl (C=O) groups excluding carboxylic acids is 1. The average Bonchev–Trinajstić information content (AvgIpc) is 2.93. The first-order chi connectivity index (χ1) is 18.4. The van der Waals surface area contributed by atoms with Crippen molar-refractivity contribution in [2.24, 2.45) is 5.10 Å². The molecule has 0 aliphatic rings. The molecular weight excluding hydrogens is 506 g/mol. The molecule has 0 spiro atoms. The molecule has 0 unspecified atom stereocenters. The van der Waals surface area contributed by atoms with E-state index in [-0.39, 0.29) is 11.4 Å². The van der Waals surface area contributed by atoms with Gasteiger partial charge in [-0.2, -0.15) is 9.41 Å². The Bertz CT molecular complexity index is 1310. The first-order valence-corrected chi connectivity index (χ1v) is 13.7. The van der Waals surface area contributed by atoms with Gasteiger partial charge in [0.05, 0.1) is 38.0 Å². The lowest BCUT2D eigenvalue weighted by atomic mass is 10.2. The Balaban J connectivity index is 1.74. The number of methoxy groups -OCH3 is 1. The third-order valence-electron chi connectivity index (χ3n) is 5.35. The number of ether oxygens (including phenoxy) is 3. The van der Waals surface area contributed by atoms with Crippen molar-refractivity contribution >= 4 is 22.1 Å². The highest BCUT2D eigenvalue weighted by Crippen LogP contribution is 2.28. The van der Waals surface area contributed by atoms with Crippen LogP contribution in [0.5, 0.6) is 17.2 Å². The molecule has 1 N–H and O–H groups in total. The maximum absolute atomic E-state index is 13.4. The SMILES string of the molecule is CCCOc1ccc(/C=N\NC(=O)CN(Cc2ccccc2)S(=O)(=O)c2ccc(OC)cc2)cc1OCC. The van der Waals surface area contributed by atoms with Crippen molar-refractivity contribution in [3.63, 3.8) is 0 Å². The van der Waals surface area contributed by atoms with E-state index < -0.39 is 22.5 Å². The summed E-state index contributed by atoms with van der Waals surface area (Å²) in [7, 11) is -2.48. The Morgan fingerprint density at radius 1 is 0.974 bits per heavy atom. The fraction of sp³-hybridized carbons (Fsp3) is 0.286. The summed E-state index contributed by atoms with van der Waals surface area (Å²) in [5.74, 6) is 1.16. The molecule has 0 heterocycles. The molecule has 38 heavy (non-hydrogen) atoms. The van der Waals surface area contributed by atoms with Crippen LogP contribution in [0.15, 0.2) is 82.8 Å². The van der Waals surface area contributed by atoms with Crippen LogP contribution < -0.4 is 19.6 Å². The van der Waals surface area contributed by atoms with Gasteiger partial charge in [-0.1, -0.05) is 37.3 Å². The molecule has 0 aromatic heterocycles. The molecule has 202 valence electrons. The molecule has 3 aromatic carbocycles. The van der Waals surface area contributed by atoms with Gasteiger partial charge in [0.2, 0.25) is 10.0 Å². The van der Waals surface area contributed by atoms with Gasteiger partial charge in [0.25, 0.3) is 5.91 Å². The zero-order valence-electron chi connectivity index (χ0n) is 21.8. The summed E-state index contributed by atoms with van der Waals surface area (Å²) in [6.45, 7) is 4.54. The first kappa shape index (κ1) is 28.7. The summed E-state index contributed by atoms with van der Waals surface area (Å²) in [5, 5.41) is 4.01. The predicted octanol–water partition coefficient (Wildman–Crippen LogP) is 4.22. The number of amides is 1. The fourth-order valence-electron chi connectivity index (χ4n) is 3.49. The lowest BCUT2D eigenvalue weighted by Crippen LogP contribution is -2.39. The molecule has 0 aliphatic carbocycles. The minimum absolute atomic E-state index is 0.0171. The van der Waals surface area contributed by atoms with E-state index in [1.165, 1.54) is 25.5 Å². The number of rotatable bonds is 14. The molecule has 0 bridgehead atoms. The van der Waals surface area contributed by atoms with Crippen molar-refractivity contribution in [1.29, 1.82) is 0 Å². The van der Waals surface area contributed by atoms with Crippen LogP contribution in [0.3, 0.4) is 0 Å². The van der Waals surface area contributed by atoms with Gasteiger partial charge >= 0.3 is 0 Å². The zero-order valence-corrected chi connectivity index (χ0v) is 22.6. The topological polar surface area (TPSA) is 107 Å². The highest BCUT2D eigenvalue weighted by atomic mass is 32.2. The van der Waals surface area contributed by atoms with Crippen molar-refractivity contribution in [1.82, 2.24) is 9.73 Å². The van der Waals surface area contributed by atoms with Crippen LogP contribution in [0.1, 0.15) is 31.4 Å². The van der Waals surface area contributed by atoms with Crippen molar-refractivity contribution in [2.75, 3.05) is 26.9 Å². The summed E-state index contributed by atoms with van der Waals surface area (Å²) in [6.07, 6.45) is 2.33. The van der Waals surface area contributed by atoms with Gasteiger partial charge in [0.15, 0.2) is 11.5 Å². The number of hydrazone groups is 1. The lowest BCUT2D eigenvalue weighted by molar-refractivity contribution is -0.121. The van der Waals surface area contributed by atoms with E-state index >= 15 is 0 Å². The van der Waals surface area contributed by atoms with Crippen LogP contribution in [-0.4, -0.2) is 51.7 Å². The summed E-state index contributed by atoms with van der Waals surface area (Å²) >= 11 is 0. The van der Waals surface area contributed by atoms with Crippen LogP contribution in [0.25, 0.3) is 0 Å². The Hall–Kier alpha value is -3.89. The summed E-state index contributed by atoms with van der Waals surface area (Å²) in [6, 6.07) is 20.4. The highest BCUT2D eigenvalue weighted by Gasteiger charge is 2.27. The van der Waals surface area contributed by atoms with Crippen molar-refractivity contribution in [3.8, 4) is 17.2 Å². The Morgan fingerprint density at radius 2 is 1.71 bits per heavy atom. The number of carbonyl (C=O) groups is 1. The van der Waals surface area contributed by atoms with Crippen LogP contribution in [0, 0.1) is 0 Å². The van der Waals surface area contributed by atoms with Crippen LogP contribution in [0.4, 0.5) is 0 Å². The van der Waals surface area contributed by atoms with Crippen molar-refractivity contribution in [3.05, 3.63) is 83.9 Å². The minimum atomic E-state index is -3.99. The molecule has 0 saturated carbocycles. The van der Waals surface area contributed by atoms with E-state index in [4.69, 9.17) is 14.2 Å². The molecular formula is C28H33N3O6S. The van der Waals surface area contributed by atoms with E-state index in [1.54, 1.807) is 42.5 Å². The van der Waals surface area contributed by atoms with Crippen LogP contribution in [0.2, 0.25) is 0 Å². The van der Waals surface area contributed by atoms with Gasteiger partial charge < -0.3 is 14.2 Å². The van der Waals surface area contributed by atoms with Gasteiger partial charge in [-0.15, -0.1) is 0 Å². The van der Waals surface area contributed by atoms with E-state index in [2.05, 4.69) is 10.5 Å². The Morgan fingerprint density at radius 3 is 2.37 bits per heavy atom. The maximum atomic E-state index is 13.4. The number of nitrogens with one attached hydrogen (secondary N) is 1. The van der Waals surface area contributed by atoms with Crippen molar-refractivity contribution in [2.45, 2.75) is 31.7 Å². The Kier molecular flexibility index (Phi) is 10.7. The highest BCUT2D eigenvalue weighted by molar-refractivity contribution is 7.89. The number of hydrogen-bond acceptors (Lipinski definition) is 7. The minimum Gasteiger partial charge on any atom is -0.497 e. The van der Waals surface area contributed by atoms with Crippen LogP contribution >= 0.6 is 0 Å². The normalized spacial score (nSPS) is 11.5. The standard InChI is InChI=1S/C28H33N3O6S/c1-4-17-37-26-16-11-23(18-27(26)36-5-2)19-29-30-28(32)21-31(20-22-9-7-6-8-10-22)38(33,34)25-14-12-24(35-3)13-15-25/h6-16,18-19H,4-5,17,20-21H2,1-3H3,(H,30,32)/b29-19-. The zero-order chi connectivity index (χ0) is 27.4. The largest absolute Gasteiger partial charge is 0.497 e. The summed E-state index contributed by atoms with van der Waals surface area (Å²) in [5.41, 5.74) is 3.85. The quantitative estimate of drug-likeness (QED) is 0.243. The number of hydrogen-bond donors (Lipinski definition) is 1. The molecule has 0 atom stereocenters. The van der Waals surface area contributed by atoms with E-state index in [0.717, 1.165) is 16.3 Å². The molecule has 3 rings (SSSR count). The second-order valence-corrected chi connectivity index (χ2v) is 10.2. The second-order valence-electron chi connectivity index (χ2n) is 8.22. The molecule has 1 amide bonds. The maximum Gasteiger partial charge on any atom is 0.255 e. The molecule has 0 fully saturated rings. The van der Waals surface area contributed by atoms with Crippen molar-refractivity contribution < 1.29 is 27.4 Å². The molecule has 9 nitrogen and oxygen atoms in total. The summed E-state index contributed by atoms with van der Waals surface area (Å²) in [4.78, 5) is 12.8. The Labute approximate surface area is 224 Å². The van der Waals surface area contributed by atoms with E-state index in [1.807, 2.05) is 32.0 Å². The van der Waals surface area contributed by atoms with Crippen LogP contribution in [-0.2, 0) is 21.4 Å². The molecule has 10 heteroatoms. The second kappa shape index (κ2) is 14.2. The number of nitrogens with zero attached hydrogens (tertiary/aromatic N) is 2. The van der Waals surface area contributed by atoms with Gasteiger partial charge in [0, 0.05) is 6.54 Å².